The second-order valence-corrected chi connectivity index (χ2v) is 5.39. The topological polar surface area (TPSA) is 79.0 Å². The van der Waals surface area contributed by atoms with Crippen molar-refractivity contribution >= 4 is 11.5 Å². The summed E-state index contributed by atoms with van der Waals surface area (Å²) in [7, 11) is 0. The van der Waals surface area contributed by atoms with Crippen molar-refractivity contribution < 1.29 is 15.0 Å². The number of hydrogen-bond donors (Lipinski definition) is 2. The van der Waals surface area contributed by atoms with Crippen LogP contribution in [0.5, 0.6) is 0 Å². The second-order valence-electron chi connectivity index (χ2n) is 5.39. The number of rotatable bonds is 3. The Balaban J connectivity index is 2.27. The molecule has 2 heterocycles. The predicted molar refractivity (Wildman–Crippen MR) is 85.9 cm³/mol. The molecule has 23 heavy (non-hydrogen) atoms. The number of carbonyl (C=O) groups is 1. The number of carboxylic acid groups (broad SMARTS) is 1. The van der Waals surface area contributed by atoms with E-state index >= 15 is 0 Å². The summed E-state index contributed by atoms with van der Waals surface area (Å²) in [6, 6.07) is 13.6. The summed E-state index contributed by atoms with van der Waals surface area (Å²) in [5, 5.41) is 19.9. The molecule has 0 aliphatic heterocycles. The lowest BCUT2D eigenvalue weighted by Crippen LogP contribution is -2.23. The highest BCUT2D eigenvalue weighted by Gasteiger charge is 2.20. The summed E-state index contributed by atoms with van der Waals surface area (Å²) in [5.41, 5.74) is 1.57. The molecule has 0 fully saturated rings. The Kier molecular flexibility index (Phi) is 3.72. The SMILES string of the molecule is Cc1ccc(C(O)c2cc(C(=O)O)c(=O)n3ccccc23)cc1. The van der Waals surface area contributed by atoms with Crippen LogP contribution in [0, 0.1) is 6.92 Å². The zero-order chi connectivity index (χ0) is 16.6. The predicted octanol–water partition coefficient (Wildman–Crippen LogP) is 2.39. The first kappa shape index (κ1) is 15.0. The third-order valence-corrected chi connectivity index (χ3v) is 3.82. The van der Waals surface area contributed by atoms with Crippen LogP contribution in [0.2, 0.25) is 0 Å². The van der Waals surface area contributed by atoms with Gasteiger partial charge in [-0.25, -0.2) is 4.79 Å². The van der Waals surface area contributed by atoms with Crippen LogP contribution in [0.4, 0.5) is 0 Å². The van der Waals surface area contributed by atoms with Crippen LogP contribution in [0.15, 0.2) is 59.5 Å². The summed E-state index contributed by atoms with van der Waals surface area (Å²) in [4.78, 5) is 23.6. The van der Waals surface area contributed by atoms with Crippen molar-refractivity contribution in [1.82, 2.24) is 4.40 Å². The van der Waals surface area contributed by atoms with Gasteiger partial charge in [0.25, 0.3) is 5.56 Å². The number of fused-ring (bicyclic) bond motifs is 1. The van der Waals surface area contributed by atoms with Crippen LogP contribution in [-0.4, -0.2) is 20.6 Å². The molecule has 0 spiro atoms. The number of aromatic nitrogens is 1. The number of pyridine rings is 2. The van der Waals surface area contributed by atoms with Gasteiger partial charge in [0.1, 0.15) is 11.7 Å². The highest BCUT2D eigenvalue weighted by molar-refractivity contribution is 5.88. The zero-order valence-corrected chi connectivity index (χ0v) is 12.4. The lowest BCUT2D eigenvalue weighted by Gasteiger charge is -2.15. The molecule has 1 atom stereocenters. The van der Waals surface area contributed by atoms with E-state index in [9.17, 15) is 19.8 Å². The fourth-order valence-electron chi connectivity index (χ4n) is 2.58. The molecule has 5 heteroatoms. The summed E-state index contributed by atoms with van der Waals surface area (Å²) in [6.45, 7) is 1.94. The van der Waals surface area contributed by atoms with Gasteiger partial charge in [-0.1, -0.05) is 35.9 Å². The largest absolute Gasteiger partial charge is 0.477 e. The number of carboxylic acids is 1. The zero-order valence-electron chi connectivity index (χ0n) is 12.4. The Morgan fingerprint density at radius 1 is 1.13 bits per heavy atom. The first-order chi connectivity index (χ1) is 11.0. The molecular formula is C18H15NO4. The van der Waals surface area contributed by atoms with E-state index in [1.54, 1.807) is 30.3 Å². The molecule has 0 bridgehead atoms. The lowest BCUT2D eigenvalue weighted by atomic mass is 9.98. The number of nitrogens with zero attached hydrogens (tertiary/aromatic N) is 1. The van der Waals surface area contributed by atoms with Crippen molar-refractivity contribution in [2.24, 2.45) is 0 Å². The Bertz CT molecular complexity index is 941. The van der Waals surface area contributed by atoms with Crippen LogP contribution in [0.1, 0.15) is 33.2 Å². The number of benzene rings is 1. The Labute approximate surface area is 132 Å². The number of aliphatic hydroxyl groups excluding tert-OH is 1. The molecule has 3 aromatic rings. The fraction of sp³-hybridized carbons (Fsp3) is 0.111. The molecule has 3 rings (SSSR count). The van der Waals surface area contributed by atoms with Crippen LogP contribution >= 0.6 is 0 Å². The van der Waals surface area contributed by atoms with Gasteiger partial charge < -0.3 is 10.2 Å². The molecule has 1 unspecified atom stereocenters. The van der Waals surface area contributed by atoms with Crippen molar-refractivity contribution in [1.29, 1.82) is 0 Å². The quantitative estimate of drug-likeness (QED) is 0.778. The summed E-state index contributed by atoms with van der Waals surface area (Å²) < 4.78 is 1.25. The van der Waals surface area contributed by atoms with Gasteiger partial charge in [-0.3, -0.25) is 9.20 Å². The highest BCUT2D eigenvalue weighted by Crippen LogP contribution is 2.26. The Hall–Kier alpha value is -2.92. The summed E-state index contributed by atoms with van der Waals surface area (Å²) in [6.07, 6.45) is 0.474. The van der Waals surface area contributed by atoms with E-state index in [-0.39, 0.29) is 5.56 Å². The van der Waals surface area contributed by atoms with E-state index in [1.807, 2.05) is 19.1 Å². The summed E-state index contributed by atoms with van der Waals surface area (Å²) in [5.74, 6) is -1.31. The molecule has 2 aromatic heterocycles. The van der Waals surface area contributed by atoms with Crippen molar-refractivity contribution in [3.63, 3.8) is 0 Å². The smallest absolute Gasteiger partial charge is 0.341 e. The third-order valence-electron chi connectivity index (χ3n) is 3.82. The molecule has 0 radical (unpaired) electrons. The molecule has 1 aromatic carbocycles. The maximum Gasteiger partial charge on any atom is 0.341 e. The number of aryl methyl sites for hydroxylation is 1. The highest BCUT2D eigenvalue weighted by atomic mass is 16.4. The number of hydrogen-bond acceptors (Lipinski definition) is 3. The Morgan fingerprint density at radius 3 is 2.48 bits per heavy atom. The van der Waals surface area contributed by atoms with Crippen LogP contribution < -0.4 is 5.56 Å². The van der Waals surface area contributed by atoms with E-state index < -0.39 is 17.6 Å². The summed E-state index contributed by atoms with van der Waals surface area (Å²) >= 11 is 0. The fourth-order valence-corrected chi connectivity index (χ4v) is 2.58. The molecule has 0 amide bonds. The van der Waals surface area contributed by atoms with Gasteiger partial charge in [-0.05, 0) is 30.7 Å². The normalized spacial score (nSPS) is 12.3. The average molecular weight is 309 g/mol. The van der Waals surface area contributed by atoms with E-state index in [1.165, 1.54) is 16.7 Å². The average Bonchev–Trinajstić information content (AvgIpc) is 2.55. The van der Waals surface area contributed by atoms with Gasteiger partial charge in [0.2, 0.25) is 0 Å². The van der Waals surface area contributed by atoms with Crippen LogP contribution in [-0.2, 0) is 0 Å². The van der Waals surface area contributed by atoms with E-state index in [0.29, 0.717) is 16.6 Å². The van der Waals surface area contributed by atoms with Crippen LogP contribution in [0.3, 0.4) is 0 Å². The van der Waals surface area contributed by atoms with Crippen molar-refractivity contribution in [3.8, 4) is 0 Å². The maximum absolute atomic E-state index is 12.2. The maximum atomic E-state index is 12.2. The van der Waals surface area contributed by atoms with Crippen LogP contribution in [0.25, 0.3) is 5.52 Å². The monoisotopic (exact) mass is 309 g/mol. The standard InChI is InChI=1S/C18H15NO4/c1-11-5-7-12(8-6-11)16(20)13-10-14(18(22)23)17(21)19-9-3-2-4-15(13)19/h2-10,16,20H,1H3,(H,22,23). The molecular weight excluding hydrogens is 294 g/mol. The minimum atomic E-state index is -1.31. The minimum Gasteiger partial charge on any atom is -0.477 e. The third kappa shape index (κ3) is 2.62. The van der Waals surface area contributed by atoms with Crippen molar-refractivity contribution in [2.45, 2.75) is 13.0 Å². The second kappa shape index (κ2) is 5.70. The number of aromatic carboxylic acids is 1. The van der Waals surface area contributed by atoms with Gasteiger partial charge in [0, 0.05) is 11.8 Å². The number of aliphatic hydroxyl groups is 1. The molecule has 0 saturated carbocycles. The van der Waals surface area contributed by atoms with Gasteiger partial charge in [0.15, 0.2) is 0 Å². The van der Waals surface area contributed by atoms with E-state index in [0.717, 1.165) is 5.56 Å². The molecule has 0 aliphatic rings. The van der Waals surface area contributed by atoms with Gasteiger partial charge in [-0.2, -0.15) is 0 Å². The van der Waals surface area contributed by atoms with Gasteiger partial charge in [-0.15, -0.1) is 0 Å². The Morgan fingerprint density at radius 2 is 1.83 bits per heavy atom. The first-order valence-electron chi connectivity index (χ1n) is 7.11. The van der Waals surface area contributed by atoms with Crippen molar-refractivity contribution in [2.75, 3.05) is 0 Å². The molecule has 0 saturated heterocycles. The first-order valence-corrected chi connectivity index (χ1v) is 7.11. The molecule has 2 N–H and O–H groups in total. The van der Waals surface area contributed by atoms with Gasteiger partial charge >= 0.3 is 5.97 Å². The van der Waals surface area contributed by atoms with E-state index in [4.69, 9.17) is 0 Å². The van der Waals surface area contributed by atoms with Crippen molar-refractivity contribution in [3.05, 3.63) is 87.3 Å². The molecule has 5 nitrogen and oxygen atoms in total. The minimum absolute atomic E-state index is 0.366. The van der Waals surface area contributed by atoms with Gasteiger partial charge in [0.05, 0.1) is 5.52 Å². The van der Waals surface area contributed by atoms with E-state index in [2.05, 4.69) is 0 Å². The lowest BCUT2D eigenvalue weighted by molar-refractivity contribution is 0.0694. The molecule has 116 valence electrons. The molecule has 0 aliphatic carbocycles.